The summed E-state index contributed by atoms with van der Waals surface area (Å²) in [6.07, 6.45) is 1.17. The van der Waals surface area contributed by atoms with Gasteiger partial charge in [-0.05, 0) is 48.9 Å². The zero-order chi connectivity index (χ0) is 20.9. The molecule has 2 aromatic carbocycles. The van der Waals surface area contributed by atoms with Gasteiger partial charge in [0.15, 0.2) is 5.03 Å². The van der Waals surface area contributed by atoms with E-state index in [4.69, 9.17) is 16.3 Å². The number of H-pyrrole nitrogens is 1. The van der Waals surface area contributed by atoms with E-state index < -0.39 is 15.9 Å². The summed E-state index contributed by atoms with van der Waals surface area (Å²) < 4.78 is 33.2. The van der Waals surface area contributed by atoms with Crippen LogP contribution in [0.5, 0.6) is 5.75 Å². The second-order valence-electron chi connectivity index (χ2n) is 5.99. The van der Waals surface area contributed by atoms with Crippen molar-refractivity contribution in [2.45, 2.75) is 18.5 Å². The van der Waals surface area contributed by atoms with Crippen LogP contribution in [0.3, 0.4) is 0 Å². The van der Waals surface area contributed by atoms with Crippen LogP contribution >= 0.6 is 11.6 Å². The molecular weight excluding hydrogens is 416 g/mol. The number of amides is 1. The third-order valence-electron chi connectivity index (χ3n) is 3.88. The van der Waals surface area contributed by atoms with Crippen molar-refractivity contribution in [3.63, 3.8) is 0 Å². The van der Waals surface area contributed by atoms with E-state index in [1.807, 2.05) is 6.92 Å². The fraction of sp³-hybridized carbons (Fsp3) is 0.158. The Hall–Kier alpha value is -3.04. The molecule has 0 atom stereocenters. The molecule has 152 valence electrons. The van der Waals surface area contributed by atoms with E-state index in [1.54, 1.807) is 48.5 Å². The number of aromatic nitrogens is 2. The number of carbonyl (C=O) groups excluding carboxylic acids is 1. The summed E-state index contributed by atoms with van der Waals surface area (Å²) in [6, 6.07) is 13.4. The number of hydrogen-bond acceptors (Lipinski definition) is 5. The SMILES string of the molecule is CCOc1ccc(NS(=O)(=O)c2[nH]ncc2C(=O)NCc2cccc(Cl)c2)cc1. The fourth-order valence-electron chi connectivity index (χ4n) is 2.56. The molecule has 29 heavy (non-hydrogen) atoms. The summed E-state index contributed by atoms with van der Waals surface area (Å²) in [7, 11) is -4.05. The predicted molar refractivity (Wildman–Crippen MR) is 110 cm³/mol. The lowest BCUT2D eigenvalue weighted by atomic mass is 10.2. The first-order chi connectivity index (χ1) is 13.9. The predicted octanol–water partition coefficient (Wildman–Crippen LogP) is 3.19. The van der Waals surface area contributed by atoms with Gasteiger partial charge in [0.05, 0.1) is 18.4 Å². The monoisotopic (exact) mass is 434 g/mol. The second kappa shape index (κ2) is 8.97. The normalized spacial score (nSPS) is 11.1. The van der Waals surface area contributed by atoms with Crippen LogP contribution in [0.1, 0.15) is 22.8 Å². The molecule has 0 saturated carbocycles. The summed E-state index contributed by atoms with van der Waals surface area (Å²) in [5, 5.41) is 8.97. The minimum atomic E-state index is -4.05. The maximum atomic E-state index is 12.7. The third-order valence-corrected chi connectivity index (χ3v) is 5.47. The number of hydrogen-bond donors (Lipinski definition) is 3. The van der Waals surface area contributed by atoms with Gasteiger partial charge in [-0.1, -0.05) is 23.7 Å². The maximum Gasteiger partial charge on any atom is 0.279 e. The minimum Gasteiger partial charge on any atom is -0.494 e. The number of ether oxygens (including phenoxy) is 1. The quantitative estimate of drug-likeness (QED) is 0.504. The van der Waals surface area contributed by atoms with Crippen molar-refractivity contribution in [3.05, 3.63) is 70.9 Å². The van der Waals surface area contributed by atoms with E-state index in [0.717, 1.165) is 5.56 Å². The number of aromatic amines is 1. The van der Waals surface area contributed by atoms with Crippen molar-refractivity contribution in [1.82, 2.24) is 15.5 Å². The first-order valence-electron chi connectivity index (χ1n) is 8.70. The summed E-state index contributed by atoms with van der Waals surface area (Å²) in [5.74, 6) is 0.0452. The van der Waals surface area contributed by atoms with Crippen LogP contribution in [0, 0.1) is 0 Å². The van der Waals surface area contributed by atoms with Gasteiger partial charge in [0.1, 0.15) is 5.75 Å². The molecule has 0 aliphatic carbocycles. The fourth-order valence-corrected chi connectivity index (χ4v) is 3.93. The number of rotatable bonds is 8. The van der Waals surface area contributed by atoms with Crippen molar-refractivity contribution in [3.8, 4) is 5.75 Å². The summed E-state index contributed by atoms with van der Waals surface area (Å²) in [5.41, 5.74) is 1.02. The van der Waals surface area contributed by atoms with Gasteiger partial charge in [-0.15, -0.1) is 0 Å². The lowest BCUT2D eigenvalue weighted by Crippen LogP contribution is -2.25. The Morgan fingerprint density at radius 2 is 1.97 bits per heavy atom. The molecular formula is C19H19ClN4O4S. The highest BCUT2D eigenvalue weighted by Gasteiger charge is 2.25. The summed E-state index contributed by atoms with van der Waals surface area (Å²) >= 11 is 5.93. The third kappa shape index (κ3) is 5.27. The molecule has 0 unspecified atom stereocenters. The number of nitrogens with one attached hydrogen (secondary N) is 3. The van der Waals surface area contributed by atoms with Crippen LogP contribution in [0.25, 0.3) is 0 Å². The molecule has 3 aromatic rings. The lowest BCUT2D eigenvalue weighted by Gasteiger charge is -2.10. The molecule has 0 spiro atoms. The van der Waals surface area contributed by atoms with E-state index in [2.05, 4.69) is 20.2 Å². The molecule has 1 heterocycles. The molecule has 0 aliphatic heterocycles. The van der Waals surface area contributed by atoms with Crippen molar-refractivity contribution >= 4 is 33.2 Å². The van der Waals surface area contributed by atoms with Crippen LogP contribution in [0.2, 0.25) is 5.02 Å². The van der Waals surface area contributed by atoms with Gasteiger partial charge in [-0.2, -0.15) is 13.5 Å². The maximum absolute atomic E-state index is 12.7. The number of carbonyl (C=O) groups is 1. The Bertz CT molecular complexity index is 1100. The highest BCUT2D eigenvalue weighted by Crippen LogP contribution is 2.20. The average molecular weight is 435 g/mol. The minimum absolute atomic E-state index is 0.0922. The topological polar surface area (TPSA) is 113 Å². The van der Waals surface area contributed by atoms with Gasteiger partial charge in [0.25, 0.3) is 15.9 Å². The number of sulfonamides is 1. The molecule has 1 aromatic heterocycles. The molecule has 0 radical (unpaired) electrons. The standard InChI is InChI=1S/C19H19ClN4O4S/c1-2-28-16-8-6-15(7-9-16)24-29(26,27)19-17(12-22-23-19)18(25)21-11-13-4-3-5-14(20)10-13/h3-10,12,24H,2,11H2,1H3,(H,21,25)(H,22,23). The van der Waals surface area contributed by atoms with Crippen LogP contribution in [0.4, 0.5) is 5.69 Å². The molecule has 3 N–H and O–H groups in total. The Balaban J connectivity index is 1.72. The largest absolute Gasteiger partial charge is 0.494 e. The second-order valence-corrected chi connectivity index (χ2v) is 8.04. The average Bonchev–Trinajstić information content (AvgIpc) is 3.19. The Kier molecular flexibility index (Phi) is 6.40. The molecule has 0 fully saturated rings. The van der Waals surface area contributed by atoms with Gasteiger partial charge in [-0.25, -0.2) is 0 Å². The molecule has 10 heteroatoms. The van der Waals surface area contributed by atoms with Crippen LogP contribution < -0.4 is 14.8 Å². The van der Waals surface area contributed by atoms with Crippen LogP contribution in [-0.4, -0.2) is 31.1 Å². The van der Waals surface area contributed by atoms with Gasteiger partial charge in [0, 0.05) is 17.3 Å². The molecule has 0 bridgehead atoms. The number of anilines is 1. The van der Waals surface area contributed by atoms with E-state index in [-0.39, 0.29) is 17.1 Å². The smallest absolute Gasteiger partial charge is 0.279 e. The van der Waals surface area contributed by atoms with E-state index in [0.29, 0.717) is 23.1 Å². The lowest BCUT2D eigenvalue weighted by molar-refractivity contribution is 0.0947. The molecule has 1 amide bonds. The highest BCUT2D eigenvalue weighted by atomic mass is 35.5. The van der Waals surface area contributed by atoms with Gasteiger partial charge in [0.2, 0.25) is 0 Å². The molecule has 0 saturated heterocycles. The summed E-state index contributed by atoms with van der Waals surface area (Å²) in [4.78, 5) is 12.5. The number of halogens is 1. The first-order valence-corrected chi connectivity index (χ1v) is 10.6. The zero-order valence-electron chi connectivity index (χ0n) is 15.5. The van der Waals surface area contributed by atoms with Crippen molar-refractivity contribution < 1.29 is 17.9 Å². The zero-order valence-corrected chi connectivity index (χ0v) is 17.0. The highest BCUT2D eigenvalue weighted by molar-refractivity contribution is 7.92. The first kappa shape index (κ1) is 20.7. The van der Waals surface area contributed by atoms with E-state index >= 15 is 0 Å². The van der Waals surface area contributed by atoms with E-state index in [9.17, 15) is 13.2 Å². The summed E-state index contributed by atoms with van der Waals surface area (Å²) in [6.45, 7) is 2.55. The van der Waals surface area contributed by atoms with Crippen molar-refractivity contribution in [1.29, 1.82) is 0 Å². The molecule has 8 nitrogen and oxygen atoms in total. The van der Waals surface area contributed by atoms with Crippen LogP contribution in [0.15, 0.2) is 59.8 Å². The Morgan fingerprint density at radius 1 is 1.21 bits per heavy atom. The van der Waals surface area contributed by atoms with Gasteiger partial charge >= 0.3 is 0 Å². The molecule has 3 rings (SSSR count). The number of benzene rings is 2. The van der Waals surface area contributed by atoms with Gasteiger partial charge < -0.3 is 10.1 Å². The Labute approximate surface area is 173 Å². The van der Waals surface area contributed by atoms with Crippen molar-refractivity contribution in [2.24, 2.45) is 0 Å². The Morgan fingerprint density at radius 3 is 2.66 bits per heavy atom. The number of nitrogens with zero attached hydrogens (tertiary/aromatic N) is 1. The molecule has 0 aliphatic rings. The van der Waals surface area contributed by atoms with Crippen molar-refractivity contribution in [2.75, 3.05) is 11.3 Å². The van der Waals surface area contributed by atoms with Crippen LogP contribution in [-0.2, 0) is 16.6 Å². The van der Waals surface area contributed by atoms with Gasteiger partial charge in [-0.3, -0.25) is 14.6 Å². The van der Waals surface area contributed by atoms with E-state index in [1.165, 1.54) is 6.20 Å².